The lowest BCUT2D eigenvalue weighted by atomic mass is 10.0. The van der Waals surface area contributed by atoms with Crippen LogP contribution in [0.1, 0.15) is 30.6 Å². The van der Waals surface area contributed by atoms with Gasteiger partial charge in [-0.3, -0.25) is 9.59 Å². The highest BCUT2D eigenvalue weighted by Gasteiger charge is 2.17. The molecule has 92 valence electrons. The molecule has 0 aliphatic heterocycles. The van der Waals surface area contributed by atoms with Crippen molar-refractivity contribution >= 4 is 23.5 Å². The molecule has 17 heavy (non-hydrogen) atoms. The maximum atomic E-state index is 11.0. The second kappa shape index (κ2) is 5.63. The topological polar surface area (TPSA) is 79.3 Å². The molecule has 0 aliphatic carbocycles. The van der Waals surface area contributed by atoms with E-state index in [-0.39, 0.29) is 17.5 Å². The monoisotopic (exact) mass is 256 g/mol. The summed E-state index contributed by atoms with van der Waals surface area (Å²) in [6.45, 7) is 3.09. The van der Waals surface area contributed by atoms with Crippen molar-refractivity contribution in [2.24, 2.45) is 0 Å². The summed E-state index contributed by atoms with van der Waals surface area (Å²) in [5.41, 5.74) is 1.31. The Balaban J connectivity index is 3.02. The summed E-state index contributed by atoms with van der Waals surface area (Å²) in [5.74, 6) is -1.28. The van der Waals surface area contributed by atoms with Gasteiger partial charge in [0.15, 0.2) is 0 Å². The highest BCUT2D eigenvalue weighted by Crippen LogP contribution is 2.20. The molecule has 1 unspecified atom stereocenters. The van der Waals surface area contributed by atoms with Crippen LogP contribution in [0.4, 0.5) is 0 Å². The van der Waals surface area contributed by atoms with Gasteiger partial charge in [-0.05, 0) is 24.6 Å². The molecular formula is C11H13ClN2O3. The van der Waals surface area contributed by atoms with Gasteiger partial charge in [0.1, 0.15) is 5.15 Å². The number of amides is 1. The summed E-state index contributed by atoms with van der Waals surface area (Å²) >= 11 is 5.80. The number of carbonyl (C=O) groups is 2. The van der Waals surface area contributed by atoms with Gasteiger partial charge in [-0.15, -0.1) is 0 Å². The zero-order valence-corrected chi connectivity index (χ0v) is 10.3. The highest BCUT2D eigenvalue weighted by molar-refractivity contribution is 6.29. The molecule has 1 amide bonds. The van der Waals surface area contributed by atoms with Gasteiger partial charge >= 0.3 is 5.97 Å². The maximum absolute atomic E-state index is 11.0. The van der Waals surface area contributed by atoms with E-state index in [9.17, 15) is 9.59 Å². The maximum Gasteiger partial charge on any atom is 0.305 e. The van der Waals surface area contributed by atoms with Crippen molar-refractivity contribution in [3.8, 4) is 0 Å². The molecule has 1 rings (SSSR count). The van der Waals surface area contributed by atoms with Crippen molar-refractivity contribution < 1.29 is 14.7 Å². The summed E-state index contributed by atoms with van der Waals surface area (Å²) in [6, 6.07) is 2.66. The number of hydrogen-bond acceptors (Lipinski definition) is 3. The number of pyridine rings is 1. The van der Waals surface area contributed by atoms with E-state index >= 15 is 0 Å². The van der Waals surface area contributed by atoms with Crippen molar-refractivity contribution in [3.63, 3.8) is 0 Å². The largest absolute Gasteiger partial charge is 0.481 e. The fourth-order valence-electron chi connectivity index (χ4n) is 1.53. The minimum Gasteiger partial charge on any atom is -0.481 e. The van der Waals surface area contributed by atoms with Crippen LogP contribution in [0.15, 0.2) is 12.1 Å². The van der Waals surface area contributed by atoms with E-state index in [1.165, 1.54) is 6.92 Å². The Morgan fingerprint density at radius 1 is 1.53 bits per heavy atom. The number of nitrogens with zero attached hydrogens (tertiary/aromatic N) is 1. The first-order valence-corrected chi connectivity index (χ1v) is 5.39. The standard InChI is InChI=1S/C11H13ClN2O3/c1-6-3-8(4-10(12)13-6)9(5-11(16)17)14-7(2)15/h3-4,9H,5H2,1-2H3,(H,14,15)(H,16,17). The molecule has 1 aromatic heterocycles. The molecule has 1 atom stereocenters. The van der Waals surface area contributed by atoms with Gasteiger partial charge in [0.2, 0.25) is 5.91 Å². The molecular weight excluding hydrogens is 244 g/mol. The van der Waals surface area contributed by atoms with Gasteiger partial charge in [0, 0.05) is 12.6 Å². The molecule has 2 N–H and O–H groups in total. The summed E-state index contributed by atoms with van der Waals surface area (Å²) < 4.78 is 0. The van der Waals surface area contributed by atoms with Crippen LogP contribution in [-0.4, -0.2) is 22.0 Å². The number of carboxylic acid groups (broad SMARTS) is 1. The first-order valence-electron chi connectivity index (χ1n) is 5.01. The average molecular weight is 257 g/mol. The van der Waals surface area contributed by atoms with Crippen LogP contribution in [-0.2, 0) is 9.59 Å². The fourth-order valence-corrected chi connectivity index (χ4v) is 1.79. The number of carbonyl (C=O) groups excluding carboxylic acids is 1. The van der Waals surface area contributed by atoms with Crippen LogP contribution >= 0.6 is 11.6 Å². The number of halogens is 1. The van der Waals surface area contributed by atoms with E-state index in [2.05, 4.69) is 10.3 Å². The first-order chi connectivity index (χ1) is 7.88. The third kappa shape index (κ3) is 4.40. The van der Waals surface area contributed by atoms with Gasteiger partial charge in [-0.25, -0.2) is 4.98 Å². The normalized spacial score (nSPS) is 11.9. The van der Waals surface area contributed by atoms with Crippen LogP contribution < -0.4 is 5.32 Å². The molecule has 1 heterocycles. The lowest BCUT2D eigenvalue weighted by Crippen LogP contribution is -2.28. The Labute approximate surface area is 104 Å². The fraction of sp³-hybridized carbons (Fsp3) is 0.364. The van der Waals surface area contributed by atoms with Crippen LogP contribution in [0, 0.1) is 6.92 Å². The van der Waals surface area contributed by atoms with Crippen LogP contribution in [0.25, 0.3) is 0 Å². The Bertz CT molecular complexity index is 412. The lowest BCUT2D eigenvalue weighted by Gasteiger charge is -2.16. The molecule has 5 nitrogen and oxygen atoms in total. The van der Waals surface area contributed by atoms with Crippen molar-refractivity contribution in [1.82, 2.24) is 10.3 Å². The number of carboxylic acids is 1. The first kappa shape index (κ1) is 13.4. The quantitative estimate of drug-likeness (QED) is 0.804. The molecule has 0 fully saturated rings. The summed E-state index contributed by atoms with van der Waals surface area (Å²) in [4.78, 5) is 25.7. The van der Waals surface area contributed by atoms with Crippen molar-refractivity contribution in [1.29, 1.82) is 0 Å². The highest BCUT2D eigenvalue weighted by atomic mass is 35.5. The molecule has 1 aromatic rings. The third-order valence-electron chi connectivity index (χ3n) is 2.10. The molecule has 0 aromatic carbocycles. The summed E-state index contributed by atoms with van der Waals surface area (Å²) in [5, 5.41) is 11.7. The molecule has 0 spiro atoms. The van der Waals surface area contributed by atoms with Gasteiger partial charge in [-0.2, -0.15) is 0 Å². The lowest BCUT2D eigenvalue weighted by molar-refractivity contribution is -0.137. The zero-order chi connectivity index (χ0) is 13.0. The number of nitrogens with one attached hydrogen (secondary N) is 1. The smallest absolute Gasteiger partial charge is 0.305 e. The van der Waals surface area contributed by atoms with E-state index in [1.54, 1.807) is 19.1 Å². The van der Waals surface area contributed by atoms with Gasteiger partial charge in [0.05, 0.1) is 12.5 Å². The van der Waals surface area contributed by atoms with Crippen molar-refractivity contribution in [2.75, 3.05) is 0 Å². The number of hydrogen-bond donors (Lipinski definition) is 2. The average Bonchev–Trinajstić information content (AvgIpc) is 2.13. The van der Waals surface area contributed by atoms with Gasteiger partial charge in [-0.1, -0.05) is 11.6 Å². The SMILES string of the molecule is CC(=O)NC(CC(=O)O)c1cc(C)nc(Cl)c1. The minimum atomic E-state index is -0.991. The predicted molar refractivity (Wildman–Crippen MR) is 62.8 cm³/mol. The molecule has 0 radical (unpaired) electrons. The Morgan fingerprint density at radius 3 is 2.65 bits per heavy atom. The molecule has 0 aliphatic rings. The third-order valence-corrected chi connectivity index (χ3v) is 2.30. The Hall–Kier alpha value is -1.62. The summed E-state index contributed by atoms with van der Waals surface area (Å²) in [6.07, 6.45) is -0.195. The van der Waals surface area contributed by atoms with Crippen LogP contribution in [0.2, 0.25) is 5.15 Å². The van der Waals surface area contributed by atoms with E-state index in [1.807, 2.05) is 0 Å². The zero-order valence-electron chi connectivity index (χ0n) is 9.53. The van der Waals surface area contributed by atoms with E-state index in [0.29, 0.717) is 11.3 Å². The Morgan fingerprint density at radius 2 is 2.18 bits per heavy atom. The van der Waals surface area contributed by atoms with E-state index in [0.717, 1.165) is 0 Å². The predicted octanol–water partition coefficient (Wildman–Crippen LogP) is 1.70. The molecule has 0 saturated carbocycles. The van der Waals surface area contributed by atoms with E-state index in [4.69, 9.17) is 16.7 Å². The van der Waals surface area contributed by atoms with Crippen molar-refractivity contribution in [3.05, 3.63) is 28.5 Å². The second-order valence-electron chi connectivity index (χ2n) is 3.72. The molecule has 0 saturated heterocycles. The number of aliphatic carboxylic acids is 1. The molecule has 6 heteroatoms. The number of aryl methyl sites for hydroxylation is 1. The van der Waals surface area contributed by atoms with Crippen LogP contribution in [0.3, 0.4) is 0 Å². The Kier molecular flexibility index (Phi) is 4.45. The molecule has 0 bridgehead atoms. The van der Waals surface area contributed by atoms with E-state index < -0.39 is 12.0 Å². The van der Waals surface area contributed by atoms with Crippen molar-refractivity contribution in [2.45, 2.75) is 26.3 Å². The van der Waals surface area contributed by atoms with Gasteiger partial charge in [0.25, 0.3) is 0 Å². The second-order valence-corrected chi connectivity index (χ2v) is 4.10. The van der Waals surface area contributed by atoms with Crippen LogP contribution in [0.5, 0.6) is 0 Å². The number of rotatable bonds is 4. The number of aromatic nitrogens is 1. The minimum absolute atomic E-state index is 0.195. The van der Waals surface area contributed by atoms with Gasteiger partial charge < -0.3 is 10.4 Å². The summed E-state index contributed by atoms with van der Waals surface area (Å²) in [7, 11) is 0.